The Morgan fingerprint density at radius 1 is 1.07 bits per heavy atom. The molecule has 144 valence electrons. The van der Waals surface area contributed by atoms with E-state index in [9.17, 15) is 18.0 Å². The number of methoxy groups -OCH3 is 1. The molecule has 0 aliphatic carbocycles. The summed E-state index contributed by atoms with van der Waals surface area (Å²) in [7, 11) is -2.52. The van der Waals surface area contributed by atoms with Gasteiger partial charge in [0.25, 0.3) is 10.0 Å². The molecule has 0 saturated heterocycles. The Bertz CT molecular complexity index is 939. The summed E-state index contributed by atoms with van der Waals surface area (Å²) in [6, 6.07) is 9.97. The zero-order valence-corrected chi connectivity index (χ0v) is 15.9. The molecule has 0 aromatic heterocycles. The standard InChI is InChI=1S/C18H20N2O6S/c1-4-26-18(22)13-5-7-14(8-6-13)20-27(23,24)15-9-10-16(19-12(2)21)17(11-15)25-3/h5-11,20H,4H2,1-3H3,(H,19,21). The van der Waals surface area contributed by atoms with Gasteiger partial charge in [-0.05, 0) is 43.3 Å². The molecule has 2 aromatic carbocycles. The van der Waals surface area contributed by atoms with Crippen LogP contribution < -0.4 is 14.8 Å². The van der Waals surface area contributed by atoms with E-state index in [2.05, 4.69) is 10.0 Å². The van der Waals surface area contributed by atoms with E-state index in [-0.39, 0.29) is 28.8 Å². The highest BCUT2D eigenvalue weighted by Gasteiger charge is 2.17. The molecule has 0 unspecified atom stereocenters. The molecule has 0 aliphatic heterocycles. The van der Waals surface area contributed by atoms with Crippen LogP contribution in [0.1, 0.15) is 24.2 Å². The van der Waals surface area contributed by atoms with Gasteiger partial charge in [0.05, 0.1) is 29.9 Å². The van der Waals surface area contributed by atoms with Crippen molar-refractivity contribution < 1.29 is 27.5 Å². The average molecular weight is 392 g/mol. The molecule has 0 bridgehead atoms. The number of carbonyl (C=O) groups excluding carboxylic acids is 2. The van der Waals surface area contributed by atoms with Crippen LogP contribution >= 0.6 is 0 Å². The van der Waals surface area contributed by atoms with Crippen molar-refractivity contribution in [2.24, 2.45) is 0 Å². The summed E-state index contributed by atoms with van der Waals surface area (Å²) in [5.41, 5.74) is 0.969. The summed E-state index contributed by atoms with van der Waals surface area (Å²) in [6.45, 7) is 3.29. The zero-order valence-electron chi connectivity index (χ0n) is 15.1. The van der Waals surface area contributed by atoms with E-state index < -0.39 is 16.0 Å². The van der Waals surface area contributed by atoms with Crippen LogP contribution in [0.15, 0.2) is 47.4 Å². The van der Waals surface area contributed by atoms with E-state index in [1.54, 1.807) is 6.92 Å². The maximum Gasteiger partial charge on any atom is 0.338 e. The van der Waals surface area contributed by atoms with E-state index in [1.807, 2.05) is 0 Å². The first kappa shape index (κ1) is 20.2. The predicted octanol–water partition coefficient (Wildman–Crippen LogP) is 2.63. The summed E-state index contributed by atoms with van der Waals surface area (Å²) in [6.07, 6.45) is 0. The summed E-state index contributed by atoms with van der Waals surface area (Å²) in [5.74, 6) is -0.570. The minimum Gasteiger partial charge on any atom is -0.495 e. The molecule has 0 saturated carbocycles. The van der Waals surface area contributed by atoms with Gasteiger partial charge in [-0.25, -0.2) is 13.2 Å². The van der Waals surface area contributed by atoms with Gasteiger partial charge in [-0.1, -0.05) is 0 Å². The molecular formula is C18H20N2O6S. The Kier molecular flexibility index (Phi) is 6.40. The van der Waals surface area contributed by atoms with Gasteiger partial charge in [0.15, 0.2) is 0 Å². The predicted molar refractivity (Wildman–Crippen MR) is 101 cm³/mol. The number of ether oxygens (including phenoxy) is 2. The summed E-state index contributed by atoms with van der Waals surface area (Å²) < 4.78 is 37.6. The summed E-state index contributed by atoms with van der Waals surface area (Å²) in [4.78, 5) is 22.8. The van der Waals surface area contributed by atoms with Crippen LogP contribution in [-0.4, -0.2) is 34.0 Å². The van der Waals surface area contributed by atoms with Crippen molar-refractivity contribution in [2.45, 2.75) is 18.7 Å². The Morgan fingerprint density at radius 3 is 2.30 bits per heavy atom. The van der Waals surface area contributed by atoms with Gasteiger partial charge in [-0.2, -0.15) is 0 Å². The number of nitrogens with one attached hydrogen (secondary N) is 2. The lowest BCUT2D eigenvalue weighted by Gasteiger charge is -2.13. The second kappa shape index (κ2) is 8.54. The van der Waals surface area contributed by atoms with E-state index in [1.165, 1.54) is 56.5 Å². The molecule has 0 aliphatic rings. The molecule has 0 spiro atoms. The molecule has 0 heterocycles. The Balaban J connectivity index is 2.23. The van der Waals surface area contributed by atoms with Crippen LogP contribution in [0.25, 0.3) is 0 Å². The molecule has 27 heavy (non-hydrogen) atoms. The first-order valence-electron chi connectivity index (χ1n) is 8.02. The lowest BCUT2D eigenvalue weighted by atomic mass is 10.2. The van der Waals surface area contributed by atoms with Crippen LogP contribution in [0.5, 0.6) is 5.75 Å². The maximum absolute atomic E-state index is 12.6. The molecule has 2 N–H and O–H groups in total. The fourth-order valence-corrected chi connectivity index (χ4v) is 3.31. The number of benzene rings is 2. The van der Waals surface area contributed by atoms with Crippen molar-refractivity contribution in [3.63, 3.8) is 0 Å². The molecule has 2 rings (SSSR count). The van der Waals surface area contributed by atoms with Crippen LogP contribution in [0.3, 0.4) is 0 Å². The average Bonchev–Trinajstić information content (AvgIpc) is 2.62. The second-order valence-electron chi connectivity index (χ2n) is 5.45. The third kappa shape index (κ3) is 5.20. The van der Waals surface area contributed by atoms with Crippen molar-refractivity contribution >= 4 is 33.3 Å². The topological polar surface area (TPSA) is 111 Å². The monoisotopic (exact) mass is 392 g/mol. The van der Waals surface area contributed by atoms with Crippen LogP contribution in [0.4, 0.5) is 11.4 Å². The molecule has 0 atom stereocenters. The fraction of sp³-hybridized carbons (Fsp3) is 0.222. The molecule has 0 radical (unpaired) electrons. The zero-order chi connectivity index (χ0) is 20.0. The van der Waals surface area contributed by atoms with Gasteiger partial charge in [-0.15, -0.1) is 0 Å². The second-order valence-corrected chi connectivity index (χ2v) is 7.13. The van der Waals surface area contributed by atoms with E-state index in [0.717, 1.165) is 0 Å². The van der Waals surface area contributed by atoms with E-state index in [0.29, 0.717) is 11.3 Å². The molecule has 1 amide bonds. The van der Waals surface area contributed by atoms with Crippen molar-refractivity contribution in [3.8, 4) is 5.75 Å². The van der Waals surface area contributed by atoms with Gasteiger partial charge >= 0.3 is 5.97 Å². The summed E-state index contributed by atoms with van der Waals surface area (Å²) >= 11 is 0. The third-order valence-electron chi connectivity index (χ3n) is 3.44. The lowest BCUT2D eigenvalue weighted by Crippen LogP contribution is -2.14. The lowest BCUT2D eigenvalue weighted by molar-refractivity contribution is -0.114. The highest BCUT2D eigenvalue weighted by atomic mass is 32.2. The summed E-state index contributed by atoms with van der Waals surface area (Å²) in [5, 5.41) is 2.56. The third-order valence-corrected chi connectivity index (χ3v) is 4.82. The minimum atomic E-state index is -3.89. The van der Waals surface area contributed by atoms with Gasteiger partial charge in [0.2, 0.25) is 5.91 Å². The normalized spacial score (nSPS) is 10.8. The van der Waals surface area contributed by atoms with E-state index in [4.69, 9.17) is 9.47 Å². The molecule has 2 aromatic rings. The van der Waals surface area contributed by atoms with Gasteiger partial charge < -0.3 is 14.8 Å². The molecule has 9 heteroatoms. The molecule has 0 fully saturated rings. The first-order valence-corrected chi connectivity index (χ1v) is 9.50. The first-order chi connectivity index (χ1) is 12.8. The number of hydrogen-bond acceptors (Lipinski definition) is 6. The maximum atomic E-state index is 12.6. The van der Waals surface area contributed by atoms with Crippen LogP contribution in [0.2, 0.25) is 0 Å². The smallest absolute Gasteiger partial charge is 0.338 e. The highest BCUT2D eigenvalue weighted by Crippen LogP contribution is 2.28. The van der Waals surface area contributed by atoms with E-state index >= 15 is 0 Å². The number of anilines is 2. The fourth-order valence-electron chi connectivity index (χ4n) is 2.23. The van der Waals surface area contributed by atoms with Gasteiger partial charge in [-0.3, -0.25) is 9.52 Å². The number of sulfonamides is 1. The Morgan fingerprint density at radius 2 is 1.74 bits per heavy atom. The number of amides is 1. The van der Waals surface area contributed by atoms with Crippen molar-refractivity contribution in [3.05, 3.63) is 48.0 Å². The quantitative estimate of drug-likeness (QED) is 0.701. The van der Waals surface area contributed by atoms with Crippen LogP contribution in [-0.2, 0) is 19.6 Å². The number of hydrogen-bond donors (Lipinski definition) is 2. The molecular weight excluding hydrogens is 372 g/mol. The van der Waals surface area contributed by atoms with Crippen LogP contribution in [0, 0.1) is 0 Å². The number of rotatable bonds is 7. The van der Waals surface area contributed by atoms with Gasteiger partial charge in [0.1, 0.15) is 5.75 Å². The largest absolute Gasteiger partial charge is 0.495 e. The molecule has 8 nitrogen and oxygen atoms in total. The number of carbonyl (C=O) groups is 2. The Labute approximate surface area is 157 Å². The minimum absolute atomic E-state index is 0.0390. The van der Waals surface area contributed by atoms with Gasteiger partial charge in [0, 0.05) is 18.7 Å². The van der Waals surface area contributed by atoms with Crippen molar-refractivity contribution in [2.75, 3.05) is 23.8 Å². The van der Waals surface area contributed by atoms with Crippen molar-refractivity contribution in [1.82, 2.24) is 0 Å². The Hall–Kier alpha value is -3.07. The highest BCUT2D eigenvalue weighted by molar-refractivity contribution is 7.92. The van der Waals surface area contributed by atoms with Crippen molar-refractivity contribution in [1.29, 1.82) is 0 Å². The number of esters is 1. The SMILES string of the molecule is CCOC(=O)c1ccc(NS(=O)(=O)c2ccc(NC(C)=O)c(OC)c2)cc1.